The number of rotatable bonds is 15. The Labute approximate surface area is 138 Å². The Morgan fingerprint density at radius 2 is 1.05 bits per heavy atom. The number of unbranched alkanes of at least 4 members (excludes halogenated alkanes) is 10. The van der Waals surface area contributed by atoms with Gasteiger partial charge in [-0.1, -0.05) is 83.6 Å². The van der Waals surface area contributed by atoms with Gasteiger partial charge in [0.15, 0.2) is 0 Å². The predicted octanol–water partition coefficient (Wildman–Crippen LogP) is 6.89. The first-order valence-corrected chi connectivity index (χ1v) is 9.55. The maximum absolute atomic E-state index is 11.2. The minimum atomic E-state index is -0.730. The van der Waals surface area contributed by atoms with Gasteiger partial charge in [-0.25, -0.2) is 4.79 Å². The first-order chi connectivity index (χ1) is 10.6. The Bertz CT molecular complexity index is 305. The molecule has 0 amide bonds. The molecule has 0 fully saturated rings. The number of carbonyl (C=O) groups is 1. The van der Waals surface area contributed by atoms with Crippen LogP contribution in [0, 0.1) is 0 Å². The second-order valence-corrected chi connectivity index (χ2v) is 6.57. The van der Waals surface area contributed by atoms with E-state index in [1.54, 1.807) is 6.92 Å². The van der Waals surface area contributed by atoms with E-state index in [2.05, 4.69) is 13.8 Å². The van der Waals surface area contributed by atoms with Crippen LogP contribution in [0.15, 0.2) is 11.1 Å². The predicted molar refractivity (Wildman–Crippen MR) is 96.3 cm³/mol. The van der Waals surface area contributed by atoms with Gasteiger partial charge in [0.05, 0.1) is 0 Å². The molecule has 2 nitrogen and oxygen atoms in total. The Morgan fingerprint density at radius 1 is 0.682 bits per heavy atom. The van der Waals surface area contributed by atoms with E-state index in [9.17, 15) is 9.90 Å². The van der Waals surface area contributed by atoms with Crippen molar-refractivity contribution in [1.29, 1.82) is 0 Å². The molecule has 0 aromatic carbocycles. The number of carboxylic acids is 1. The average molecular weight is 311 g/mol. The van der Waals surface area contributed by atoms with Crippen LogP contribution in [-0.2, 0) is 4.79 Å². The molecule has 1 N–H and O–H groups in total. The summed E-state index contributed by atoms with van der Waals surface area (Å²) in [5.74, 6) is -0.730. The fourth-order valence-corrected chi connectivity index (χ4v) is 2.89. The van der Waals surface area contributed by atoms with Crippen LogP contribution in [0.3, 0.4) is 0 Å². The van der Waals surface area contributed by atoms with E-state index in [1.165, 1.54) is 69.8 Å². The summed E-state index contributed by atoms with van der Waals surface area (Å²) in [6.45, 7) is 6.25. The van der Waals surface area contributed by atoms with Gasteiger partial charge in [-0.3, -0.25) is 0 Å². The van der Waals surface area contributed by atoms with Crippen LogP contribution in [0.2, 0.25) is 0 Å². The maximum atomic E-state index is 11.2. The molecule has 0 radical (unpaired) electrons. The third kappa shape index (κ3) is 11.8. The van der Waals surface area contributed by atoms with E-state index in [4.69, 9.17) is 0 Å². The summed E-state index contributed by atoms with van der Waals surface area (Å²) in [6.07, 6.45) is 17.2. The Hall–Kier alpha value is -0.790. The van der Waals surface area contributed by atoms with Crippen molar-refractivity contribution in [2.75, 3.05) is 0 Å². The molecule has 0 heterocycles. The van der Waals surface area contributed by atoms with E-state index >= 15 is 0 Å². The summed E-state index contributed by atoms with van der Waals surface area (Å²) in [7, 11) is 0. The van der Waals surface area contributed by atoms with Gasteiger partial charge in [-0.2, -0.15) is 0 Å². The Balaban J connectivity index is 4.00. The van der Waals surface area contributed by atoms with Crippen molar-refractivity contribution < 1.29 is 9.90 Å². The normalized spacial score (nSPS) is 12.3. The number of aliphatic carboxylic acids is 1. The van der Waals surface area contributed by atoms with E-state index in [0.29, 0.717) is 5.57 Å². The fraction of sp³-hybridized carbons (Fsp3) is 0.850. The van der Waals surface area contributed by atoms with Gasteiger partial charge in [0, 0.05) is 5.57 Å². The van der Waals surface area contributed by atoms with Gasteiger partial charge < -0.3 is 5.11 Å². The lowest BCUT2D eigenvalue weighted by Gasteiger charge is -2.10. The Kier molecular flexibility index (Phi) is 14.6. The molecule has 0 rings (SSSR count). The standard InChI is InChI=1S/C20H38O2/c1-4-6-8-10-11-13-15-17-19(18(3)20(21)22)16-14-12-9-7-5-2/h4-17H2,1-3H3,(H,21,22). The molecule has 130 valence electrons. The van der Waals surface area contributed by atoms with E-state index in [-0.39, 0.29) is 0 Å². The van der Waals surface area contributed by atoms with Crippen molar-refractivity contribution in [2.24, 2.45) is 0 Å². The van der Waals surface area contributed by atoms with Crippen LogP contribution in [-0.4, -0.2) is 11.1 Å². The van der Waals surface area contributed by atoms with Gasteiger partial charge in [0.25, 0.3) is 0 Å². The van der Waals surface area contributed by atoms with Crippen LogP contribution in [0.4, 0.5) is 0 Å². The second-order valence-electron chi connectivity index (χ2n) is 6.57. The van der Waals surface area contributed by atoms with Gasteiger partial charge in [-0.15, -0.1) is 0 Å². The van der Waals surface area contributed by atoms with Crippen LogP contribution in [0.25, 0.3) is 0 Å². The highest BCUT2D eigenvalue weighted by atomic mass is 16.4. The third-order valence-corrected chi connectivity index (χ3v) is 4.52. The molecule has 0 aromatic heterocycles. The molecular formula is C20H38O2. The smallest absolute Gasteiger partial charge is 0.331 e. The molecule has 0 aromatic rings. The van der Waals surface area contributed by atoms with E-state index in [0.717, 1.165) is 25.7 Å². The third-order valence-electron chi connectivity index (χ3n) is 4.52. The fourth-order valence-electron chi connectivity index (χ4n) is 2.89. The summed E-state index contributed by atoms with van der Waals surface area (Å²) in [5, 5.41) is 9.24. The summed E-state index contributed by atoms with van der Waals surface area (Å²) in [5.41, 5.74) is 1.79. The van der Waals surface area contributed by atoms with E-state index in [1.807, 2.05) is 0 Å². The summed E-state index contributed by atoms with van der Waals surface area (Å²) in [4.78, 5) is 11.2. The Morgan fingerprint density at radius 3 is 1.41 bits per heavy atom. The lowest BCUT2D eigenvalue weighted by atomic mass is 9.96. The highest BCUT2D eigenvalue weighted by Crippen LogP contribution is 2.21. The molecule has 0 bridgehead atoms. The van der Waals surface area contributed by atoms with Crippen molar-refractivity contribution in [3.8, 4) is 0 Å². The van der Waals surface area contributed by atoms with Crippen molar-refractivity contribution in [1.82, 2.24) is 0 Å². The van der Waals surface area contributed by atoms with Crippen LogP contribution >= 0.6 is 0 Å². The zero-order chi connectivity index (χ0) is 16.6. The quantitative estimate of drug-likeness (QED) is 0.264. The first-order valence-electron chi connectivity index (χ1n) is 9.55. The van der Waals surface area contributed by atoms with Crippen molar-refractivity contribution in [3.05, 3.63) is 11.1 Å². The minimum absolute atomic E-state index is 0.599. The molecule has 0 unspecified atom stereocenters. The number of hydrogen-bond acceptors (Lipinski definition) is 1. The minimum Gasteiger partial charge on any atom is -0.478 e. The monoisotopic (exact) mass is 310 g/mol. The number of carboxylic acid groups (broad SMARTS) is 1. The average Bonchev–Trinajstić information content (AvgIpc) is 2.51. The van der Waals surface area contributed by atoms with Crippen LogP contribution in [0.1, 0.15) is 111 Å². The molecule has 0 saturated heterocycles. The zero-order valence-electron chi connectivity index (χ0n) is 15.3. The van der Waals surface area contributed by atoms with Gasteiger partial charge in [0.2, 0.25) is 0 Å². The molecule has 0 aliphatic heterocycles. The van der Waals surface area contributed by atoms with Crippen molar-refractivity contribution in [3.63, 3.8) is 0 Å². The molecule has 2 heteroatoms. The van der Waals surface area contributed by atoms with Gasteiger partial charge in [-0.05, 0) is 32.6 Å². The zero-order valence-corrected chi connectivity index (χ0v) is 15.3. The molecule has 0 aliphatic rings. The maximum Gasteiger partial charge on any atom is 0.331 e. The topological polar surface area (TPSA) is 37.3 Å². The number of allylic oxidation sites excluding steroid dienone is 1. The number of hydrogen-bond donors (Lipinski definition) is 1. The lowest BCUT2D eigenvalue weighted by molar-refractivity contribution is -0.132. The molecular weight excluding hydrogens is 272 g/mol. The van der Waals surface area contributed by atoms with Crippen molar-refractivity contribution in [2.45, 2.75) is 111 Å². The molecule has 22 heavy (non-hydrogen) atoms. The summed E-state index contributed by atoms with van der Waals surface area (Å²) < 4.78 is 0. The molecule has 0 aliphatic carbocycles. The molecule has 0 atom stereocenters. The van der Waals surface area contributed by atoms with Crippen LogP contribution in [0.5, 0.6) is 0 Å². The van der Waals surface area contributed by atoms with Crippen LogP contribution < -0.4 is 0 Å². The molecule has 0 spiro atoms. The highest BCUT2D eigenvalue weighted by molar-refractivity contribution is 5.86. The lowest BCUT2D eigenvalue weighted by Crippen LogP contribution is -2.02. The summed E-state index contributed by atoms with van der Waals surface area (Å²) >= 11 is 0. The molecule has 0 saturated carbocycles. The van der Waals surface area contributed by atoms with Gasteiger partial charge in [0.1, 0.15) is 0 Å². The van der Waals surface area contributed by atoms with Crippen molar-refractivity contribution >= 4 is 5.97 Å². The SMILES string of the molecule is CCCCCCCCCC(CCCCCCC)=C(C)C(=O)O. The highest BCUT2D eigenvalue weighted by Gasteiger charge is 2.09. The van der Waals surface area contributed by atoms with Gasteiger partial charge >= 0.3 is 5.97 Å². The van der Waals surface area contributed by atoms with E-state index < -0.39 is 5.97 Å². The second kappa shape index (κ2) is 15.1. The first kappa shape index (κ1) is 21.2. The summed E-state index contributed by atoms with van der Waals surface area (Å²) in [6, 6.07) is 0. The largest absolute Gasteiger partial charge is 0.478 e.